The summed E-state index contributed by atoms with van der Waals surface area (Å²) in [5.74, 6) is 0.925. The van der Waals surface area contributed by atoms with Gasteiger partial charge >= 0.3 is 0 Å². The Hall–Kier alpha value is -1.80. The maximum Gasteiger partial charge on any atom is 0.119 e. The van der Waals surface area contributed by atoms with Gasteiger partial charge in [-0.2, -0.15) is 0 Å². The van der Waals surface area contributed by atoms with Crippen molar-refractivity contribution in [3.8, 4) is 5.75 Å². The number of ether oxygens (including phenoxy) is 1. The van der Waals surface area contributed by atoms with Gasteiger partial charge in [-0.3, -0.25) is 0 Å². The second-order valence-corrected chi connectivity index (χ2v) is 4.77. The molecule has 0 heterocycles. The average Bonchev–Trinajstić information content (AvgIpc) is 2.46. The Kier molecular flexibility index (Phi) is 4.99. The summed E-state index contributed by atoms with van der Waals surface area (Å²) >= 11 is 0. The molecule has 0 unspecified atom stereocenters. The molecular weight excluding hydrogens is 234 g/mol. The first kappa shape index (κ1) is 13.6. The van der Waals surface area contributed by atoms with Gasteiger partial charge in [0.2, 0.25) is 0 Å². The van der Waals surface area contributed by atoms with E-state index in [0.29, 0.717) is 6.61 Å². The minimum Gasteiger partial charge on any atom is -0.489 e. The minimum absolute atomic E-state index is 0.621. The fourth-order valence-electron chi connectivity index (χ4n) is 1.87. The van der Waals surface area contributed by atoms with Gasteiger partial charge in [0.25, 0.3) is 0 Å². The Bertz CT molecular complexity index is 488. The van der Waals surface area contributed by atoms with Gasteiger partial charge in [-0.05, 0) is 50.2 Å². The van der Waals surface area contributed by atoms with Crippen molar-refractivity contribution in [3.05, 3.63) is 65.2 Å². The Morgan fingerprint density at radius 3 is 2.16 bits per heavy atom. The molecule has 1 N–H and O–H groups in total. The molecule has 0 saturated heterocycles. The maximum atomic E-state index is 5.78. The van der Waals surface area contributed by atoms with Gasteiger partial charge in [0.05, 0.1) is 0 Å². The third-order valence-corrected chi connectivity index (χ3v) is 3.11. The van der Waals surface area contributed by atoms with Gasteiger partial charge in [0.15, 0.2) is 0 Å². The van der Waals surface area contributed by atoms with Gasteiger partial charge in [-0.15, -0.1) is 0 Å². The lowest BCUT2D eigenvalue weighted by Gasteiger charge is -2.07. The molecule has 0 saturated carbocycles. The summed E-state index contributed by atoms with van der Waals surface area (Å²) in [5, 5.41) is 3.15. The first-order chi connectivity index (χ1) is 9.28. The molecule has 0 aliphatic carbocycles. The molecule has 2 nitrogen and oxygen atoms in total. The van der Waals surface area contributed by atoms with Crippen LogP contribution in [-0.4, -0.2) is 13.6 Å². The lowest BCUT2D eigenvalue weighted by Crippen LogP contribution is -2.10. The van der Waals surface area contributed by atoms with Crippen LogP contribution in [0.3, 0.4) is 0 Å². The molecule has 0 bridgehead atoms. The smallest absolute Gasteiger partial charge is 0.119 e. The van der Waals surface area contributed by atoms with Crippen molar-refractivity contribution < 1.29 is 4.74 Å². The second-order valence-electron chi connectivity index (χ2n) is 4.77. The van der Waals surface area contributed by atoms with Gasteiger partial charge < -0.3 is 10.1 Å². The van der Waals surface area contributed by atoms with Crippen LogP contribution in [0.2, 0.25) is 0 Å². The van der Waals surface area contributed by atoms with Gasteiger partial charge in [-0.1, -0.05) is 42.0 Å². The number of hydrogen-bond donors (Lipinski definition) is 1. The predicted octanol–water partition coefficient (Wildman–Crippen LogP) is 3.34. The highest BCUT2D eigenvalue weighted by Gasteiger charge is 1.97. The van der Waals surface area contributed by atoms with E-state index in [4.69, 9.17) is 4.74 Å². The van der Waals surface area contributed by atoms with E-state index in [9.17, 15) is 0 Å². The van der Waals surface area contributed by atoms with Crippen LogP contribution >= 0.6 is 0 Å². The van der Waals surface area contributed by atoms with Crippen molar-refractivity contribution in [3.63, 3.8) is 0 Å². The Morgan fingerprint density at radius 1 is 0.895 bits per heavy atom. The van der Waals surface area contributed by atoms with Crippen LogP contribution in [0, 0.1) is 6.92 Å². The van der Waals surface area contributed by atoms with Crippen molar-refractivity contribution in [2.24, 2.45) is 0 Å². The number of benzene rings is 2. The number of nitrogens with one attached hydrogen (secondary N) is 1. The molecule has 0 aliphatic heterocycles. The molecule has 0 spiro atoms. The molecule has 0 radical (unpaired) electrons. The van der Waals surface area contributed by atoms with E-state index < -0.39 is 0 Å². The molecule has 2 aromatic carbocycles. The van der Waals surface area contributed by atoms with Crippen LogP contribution in [-0.2, 0) is 13.0 Å². The Balaban J connectivity index is 1.87. The molecule has 0 atom stereocenters. The molecule has 2 aromatic rings. The van der Waals surface area contributed by atoms with Gasteiger partial charge in [0, 0.05) is 0 Å². The summed E-state index contributed by atoms with van der Waals surface area (Å²) in [5.41, 5.74) is 3.81. The quantitative estimate of drug-likeness (QED) is 0.855. The highest BCUT2D eigenvalue weighted by Crippen LogP contribution is 2.14. The molecule has 2 rings (SSSR count). The molecule has 0 aliphatic rings. The van der Waals surface area contributed by atoms with Gasteiger partial charge in [-0.25, -0.2) is 0 Å². The summed E-state index contributed by atoms with van der Waals surface area (Å²) in [6, 6.07) is 16.8. The van der Waals surface area contributed by atoms with Crippen LogP contribution in [0.15, 0.2) is 48.5 Å². The monoisotopic (exact) mass is 255 g/mol. The summed E-state index contributed by atoms with van der Waals surface area (Å²) in [7, 11) is 1.97. The molecule has 19 heavy (non-hydrogen) atoms. The predicted molar refractivity (Wildman–Crippen MR) is 79.6 cm³/mol. The topological polar surface area (TPSA) is 21.3 Å². The van der Waals surface area contributed by atoms with Crippen molar-refractivity contribution in [1.82, 2.24) is 5.32 Å². The largest absolute Gasteiger partial charge is 0.489 e. The van der Waals surface area contributed by atoms with Crippen molar-refractivity contribution in [1.29, 1.82) is 0 Å². The molecule has 0 aromatic heterocycles. The summed E-state index contributed by atoms with van der Waals surface area (Å²) in [4.78, 5) is 0. The maximum absolute atomic E-state index is 5.78. The standard InChI is InChI=1S/C17H21NO/c1-14-3-5-16(6-4-14)13-19-17-9-7-15(8-10-17)11-12-18-2/h3-10,18H,11-13H2,1-2H3. The summed E-state index contributed by atoms with van der Waals surface area (Å²) < 4.78 is 5.78. The zero-order valence-electron chi connectivity index (χ0n) is 11.6. The second kappa shape index (κ2) is 6.95. The normalized spacial score (nSPS) is 10.4. The molecule has 0 amide bonds. The van der Waals surface area contributed by atoms with E-state index in [-0.39, 0.29) is 0 Å². The average molecular weight is 255 g/mol. The van der Waals surface area contributed by atoms with Crippen LogP contribution in [0.25, 0.3) is 0 Å². The molecule has 100 valence electrons. The van der Waals surface area contributed by atoms with Crippen LogP contribution in [0.1, 0.15) is 16.7 Å². The van der Waals surface area contributed by atoms with E-state index in [0.717, 1.165) is 18.7 Å². The lowest BCUT2D eigenvalue weighted by molar-refractivity contribution is 0.306. The van der Waals surface area contributed by atoms with Crippen molar-refractivity contribution >= 4 is 0 Å². The van der Waals surface area contributed by atoms with Crippen LogP contribution in [0.5, 0.6) is 5.75 Å². The minimum atomic E-state index is 0.621. The number of rotatable bonds is 6. The fourth-order valence-corrected chi connectivity index (χ4v) is 1.87. The Labute approximate surface area is 115 Å². The molecule has 2 heteroatoms. The van der Waals surface area contributed by atoms with E-state index in [1.165, 1.54) is 16.7 Å². The third kappa shape index (κ3) is 4.42. The van der Waals surface area contributed by atoms with Gasteiger partial charge in [0.1, 0.15) is 12.4 Å². The Morgan fingerprint density at radius 2 is 1.53 bits per heavy atom. The van der Waals surface area contributed by atoms with E-state index in [1.807, 2.05) is 19.2 Å². The van der Waals surface area contributed by atoms with Crippen LogP contribution < -0.4 is 10.1 Å². The van der Waals surface area contributed by atoms with E-state index >= 15 is 0 Å². The molecular formula is C17H21NO. The zero-order chi connectivity index (χ0) is 13.5. The third-order valence-electron chi connectivity index (χ3n) is 3.11. The highest BCUT2D eigenvalue weighted by molar-refractivity contribution is 5.28. The summed E-state index contributed by atoms with van der Waals surface area (Å²) in [6.45, 7) is 3.72. The first-order valence-corrected chi connectivity index (χ1v) is 6.70. The molecule has 0 fully saturated rings. The SMILES string of the molecule is CNCCc1ccc(OCc2ccc(C)cc2)cc1. The van der Waals surface area contributed by atoms with Crippen LogP contribution in [0.4, 0.5) is 0 Å². The number of hydrogen-bond acceptors (Lipinski definition) is 2. The first-order valence-electron chi connectivity index (χ1n) is 6.70. The summed E-state index contributed by atoms with van der Waals surface area (Å²) in [6.07, 6.45) is 1.05. The van der Waals surface area contributed by atoms with E-state index in [1.54, 1.807) is 0 Å². The number of aryl methyl sites for hydroxylation is 1. The number of likely N-dealkylation sites (N-methyl/N-ethyl adjacent to an activating group) is 1. The zero-order valence-corrected chi connectivity index (χ0v) is 11.6. The van der Waals surface area contributed by atoms with E-state index in [2.05, 4.69) is 48.6 Å². The fraction of sp³-hybridized carbons (Fsp3) is 0.294. The van der Waals surface area contributed by atoms with Crippen molar-refractivity contribution in [2.75, 3.05) is 13.6 Å². The lowest BCUT2D eigenvalue weighted by atomic mass is 10.1. The highest BCUT2D eigenvalue weighted by atomic mass is 16.5. The van der Waals surface area contributed by atoms with Crippen molar-refractivity contribution in [2.45, 2.75) is 20.0 Å².